The molecule has 0 atom stereocenters. The first kappa shape index (κ1) is 25.6. The van der Waals surface area contributed by atoms with E-state index in [9.17, 15) is 10.1 Å². The van der Waals surface area contributed by atoms with Crippen molar-refractivity contribution in [3.8, 4) is 0 Å². The third-order valence-electron chi connectivity index (χ3n) is 7.30. The van der Waals surface area contributed by atoms with E-state index in [1.54, 1.807) is 12.1 Å². The summed E-state index contributed by atoms with van der Waals surface area (Å²) in [5, 5.41) is 12.7. The third kappa shape index (κ3) is 5.06. The van der Waals surface area contributed by atoms with Crippen molar-refractivity contribution in [2.24, 2.45) is 0 Å². The van der Waals surface area contributed by atoms with Gasteiger partial charge in [-0.15, -0.1) is 0 Å². The highest BCUT2D eigenvalue weighted by Crippen LogP contribution is 2.49. The van der Waals surface area contributed by atoms with Crippen LogP contribution in [0.15, 0.2) is 72.4 Å². The van der Waals surface area contributed by atoms with Gasteiger partial charge in [-0.1, -0.05) is 65.2 Å². The summed E-state index contributed by atoms with van der Waals surface area (Å²) in [6.45, 7) is 10.7. The minimum Gasteiger partial charge on any atom is -0.344 e. The molecule has 0 radical (unpaired) electrons. The van der Waals surface area contributed by atoms with Crippen molar-refractivity contribution in [1.29, 1.82) is 0 Å². The highest BCUT2D eigenvalue weighted by Gasteiger charge is 2.40. The van der Waals surface area contributed by atoms with Crippen molar-refractivity contribution in [2.75, 3.05) is 11.4 Å². The average molecular weight is 485 g/mol. The number of allylic oxidation sites excluding steroid dienone is 3. The molecule has 0 fully saturated rings. The van der Waals surface area contributed by atoms with Gasteiger partial charge in [0, 0.05) is 65.5 Å². The molecule has 5 heteroatoms. The van der Waals surface area contributed by atoms with E-state index in [1.807, 2.05) is 6.07 Å². The molecule has 0 spiro atoms. The van der Waals surface area contributed by atoms with E-state index >= 15 is 0 Å². The van der Waals surface area contributed by atoms with Crippen LogP contribution in [-0.4, -0.2) is 11.5 Å². The molecule has 0 aliphatic carbocycles. The Hall–Kier alpha value is -3.47. The fourth-order valence-corrected chi connectivity index (χ4v) is 5.27. The second-order valence-corrected chi connectivity index (χ2v) is 10.2. The number of pyridine rings is 1. The van der Waals surface area contributed by atoms with Crippen molar-refractivity contribution in [2.45, 2.75) is 71.8 Å². The fraction of sp³-hybridized carbons (Fsp3) is 0.387. The molecule has 1 aliphatic heterocycles. The van der Waals surface area contributed by atoms with Gasteiger partial charge in [-0.2, -0.15) is 4.57 Å². The number of unbranched alkanes of at least 4 members (excludes halogenated alkanes) is 3. The maximum Gasteiger partial charge on any atom is 0.269 e. The number of aromatic nitrogens is 1. The molecular weight excluding hydrogens is 446 g/mol. The maximum atomic E-state index is 11.5. The van der Waals surface area contributed by atoms with Crippen molar-refractivity contribution >= 4 is 28.4 Å². The summed E-state index contributed by atoms with van der Waals surface area (Å²) < 4.78 is 2.41. The van der Waals surface area contributed by atoms with Crippen LogP contribution < -0.4 is 9.47 Å². The summed E-state index contributed by atoms with van der Waals surface area (Å²) in [6.07, 6.45) is 12.2. The van der Waals surface area contributed by atoms with Crippen LogP contribution in [0.1, 0.15) is 71.1 Å². The van der Waals surface area contributed by atoms with Crippen LogP contribution >= 0.6 is 0 Å². The van der Waals surface area contributed by atoms with Crippen molar-refractivity contribution in [3.05, 3.63) is 93.8 Å². The molecule has 0 saturated carbocycles. The zero-order valence-electron chi connectivity index (χ0n) is 22.0. The van der Waals surface area contributed by atoms with Gasteiger partial charge < -0.3 is 4.90 Å². The van der Waals surface area contributed by atoms with Gasteiger partial charge in [0.25, 0.3) is 5.69 Å². The van der Waals surface area contributed by atoms with Crippen LogP contribution in [0.5, 0.6) is 0 Å². The second-order valence-electron chi connectivity index (χ2n) is 10.2. The van der Waals surface area contributed by atoms with Crippen molar-refractivity contribution in [1.82, 2.24) is 0 Å². The number of anilines is 1. The normalized spacial score (nSPS) is 15.8. The number of benzene rings is 2. The number of nitro groups is 1. The maximum absolute atomic E-state index is 11.5. The largest absolute Gasteiger partial charge is 0.344 e. The summed E-state index contributed by atoms with van der Waals surface area (Å²) in [7, 11) is 0. The molecule has 5 nitrogen and oxygen atoms in total. The topological polar surface area (TPSA) is 50.3 Å². The molecule has 4 rings (SSSR count). The molecule has 1 aromatic heterocycles. The number of hydrogen-bond acceptors (Lipinski definition) is 3. The van der Waals surface area contributed by atoms with Gasteiger partial charge in [0.1, 0.15) is 6.54 Å². The summed E-state index contributed by atoms with van der Waals surface area (Å²) in [5.74, 6) is 0. The lowest BCUT2D eigenvalue weighted by Crippen LogP contribution is -2.37. The molecule has 2 heterocycles. The average Bonchev–Trinajstić information content (AvgIpc) is 3.08. The third-order valence-corrected chi connectivity index (χ3v) is 7.30. The number of aryl methyl sites for hydroxylation is 1. The molecule has 1 aliphatic rings. The Balaban J connectivity index is 1.73. The van der Waals surface area contributed by atoms with Crippen LogP contribution in [0.4, 0.5) is 11.4 Å². The summed E-state index contributed by atoms with van der Waals surface area (Å²) in [4.78, 5) is 13.5. The number of fused-ring (bicyclic) bond motifs is 2. The van der Waals surface area contributed by atoms with E-state index < -0.39 is 0 Å². The first-order chi connectivity index (χ1) is 17.4. The SMILES string of the molecule is CCCCCN1C(=CC=Cc2ccc3ccccc3[n+]2CCCC)C(C)(C)c2cc([N+](=O)[O-])ccc21. The minimum absolute atomic E-state index is 0.153. The first-order valence-corrected chi connectivity index (χ1v) is 13.2. The quantitative estimate of drug-likeness (QED) is 0.128. The van der Waals surface area contributed by atoms with Crippen LogP contribution in [0.3, 0.4) is 0 Å². The Morgan fingerprint density at radius 3 is 2.53 bits per heavy atom. The van der Waals surface area contributed by atoms with Gasteiger partial charge >= 0.3 is 0 Å². The lowest BCUT2D eigenvalue weighted by atomic mass is 9.83. The van der Waals surface area contributed by atoms with Gasteiger partial charge in [-0.25, -0.2) is 0 Å². The van der Waals surface area contributed by atoms with Gasteiger partial charge in [0.05, 0.1) is 4.92 Å². The minimum atomic E-state index is -0.320. The predicted octanol–water partition coefficient (Wildman–Crippen LogP) is 7.72. The molecule has 0 saturated heterocycles. The van der Waals surface area contributed by atoms with Gasteiger partial charge in [0.15, 0.2) is 0 Å². The van der Waals surface area contributed by atoms with E-state index in [0.717, 1.165) is 56.4 Å². The molecular formula is C31H38N3O2+. The monoisotopic (exact) mass is 484 g/mol. The molecule has 0 N–H and O–H groups in total. The zero-order valence-corrected chi connectivity index (χ0v) is 22.0. The number of rotatable bonds is 10. The van der Waals surface area contributed by atoms with Crippen LogP contribution in [-0.2, 0) is 12.0 Å². The van der Waals surface area contributed by atoms with Gasteiger partial charge in [-0.05, 0) is 36.3 Å². The van der Waals surface area contributed by atoms with E-state index in [-0.39, 0.29) is 16.0 Å². The molecule has 2 aromatic carbocycles. The molecule has 0 bridgehead atoms. The Bertz CT molecular complexity index is 1310. The Kier molecular flexibility index (Phi) is 7.88. The fourth-order valence-electron chi connectivity index (χ4n) is 5.27. The molecule has 0 amide bonds. The van der Waals surface area contributed by atoms with Crippen LogP contribution in [0, 0.1) is 10.1 Å². The Morgan fingerprint density at radius 1 is 1.00 bits per heavy atom. The molecule has 36 heavy (non-hydrogen) atoms. The summed E-state index contributed by atoms with van der Waals surface area (Å²) in [6, 6.07) is 18.3. The number of nitro benzene ring substituents is 1. The number of para-hydroxylation sites is 1. The predicted molar refractivity (Wildman–Crippen MR) is 149 cm³/mol. The highest BCUT2D eigenvalue weighted by atomic mass is 16.6. The standard InChI is InChI=1S/C31H38N3O2/c1-5-7-11-22-33-29-20-19-26(34(35)36)23-27(29)31(3,4)30(33)16-12-14-25-18-17-24-13-9-10-15-28(24)32(25)21-8-6-2/h9-10,12-20,23H,5-8,11,21-22H2,1-4H3/q+1. The van der Waals surface area contributed by atoms with E-state index in [4.69, 9.17) is 0 Å². The summed E-state index contributed by atoms with van der Waals surface area (Å²) in [5.41, 5.74) is 5.57. The summed E-state index contributed by atoms with van der Waals surface area (Å²) >= 11 is 0. The number of hydrogen-bond donors (Lipinski definition) is 0. The van der Waals surface area contributed by atoms with Crippen molar-refractivity contribution < 1.29 is 9.49 Å². The van der Waals surface area contributed by atoms with Crippen LogP contribution in [0.2, 0.25) is 0 Å². The molecule has 188 valence electrons. The Morgan fingerprint density at radius 2 is 1.78 bits per heavy atom. The zero-order chi connectivity index (χ0) is 25.7. The molecule has 3 aromatic rings. The van der Waals surface area contributed by atoms with Gasteiger partial charge in [0.2, 0.25) is 11.2 Å². The van der Waals surface area contributed by atoms with E-state index in [0.29, 0.717) is 0 Å². The first-order valence-electron chi connectivity index (χ1n) is 13.2. The molecule has 0 unspecified atom stereocenters. The van der Waals surface area contributed by atoms with Gasteiger partial charge in [-0.3, -0.25) is 10.1 Å². The number of non-ortho nitro benzene ring substituents is 1. The smallest absolute Gasteiger partial charge is 0.269 e. The lowest BCUT2D eigenvalue weighted by molar-refractivity contribution is -0.673. The van der Waals surface area contributed by atoms with E-state index in [2.05, 4.69) is 91.8 Å². The van der Waals surface area contributed by atoms with E-state index in [1.165, 1.54) is 22.3 Å². The Labute approximate surface area is 214 Å². The lowest BCUT2D eigenvalue weighted by Gasteiger charge is -2.27. The van der Waals surface area contributed by atoms with Crippen LogP contribution in [0.25, 0.3) is 17.0 Å². The second kappa shape index (κ2) is 11.1. The highest BCUT2D eigenvalue weighted by molar-refractivity contribution is 5.76. The number of nitrogens with zero attached hydrogens (tertiary/aromatic N) is 3. The van der Waals surface area contributed by atoms with Crippen molar-refractivity contribution in [3.63, 3.8) is 0 Å².